The highest BCUT2D eigenvalue weighted by Gasteiger charge is 2.04. The quantitative estimate of drug-likeness (QED) is 0.821. The molecule has 2 aromatic carbocycles. The zero-order valence-electron chi connectivity index (χ0n) is 11.9. The topological polar surface area (TPSA) is 47.7 Å². The summed E-state index contributed by atoms with van der Waals surface area (Å²) in [6.07, 6.45) is 0. The second kappa shape index (κ2) is 6.70. The molecule has 0 heterocycles. The van der Waals surface area contributed by atoms with Crippen LogP contribution in [-0.4, -0.2) is 27.3 Å². The molecule has 106 valence electrons. The van der Waals surface area contributed by atoms with Crippen LogP contribution in [0.5, 0.6) is 11.5 Å². The molecule has 0 bridgehead atoms. The van der Waals surface area contributed by atoms with E-state index in [2.05, 4.69) is 4.90 Å². The minimum atomic E-state index is 0.585. The van der Waals surface area contributed by atoms with E-state index < -0.39 is 0 Å². The first-order valence-electron chi connectivity index (χ1n) is 6.53. The third kappa shape index (κ3) is 3.57. The molecule has 0 aliphatic carbocycles. The van der Waals surface area contributed by atoms with Crippen LogP contribution in [0.3, 0.4) is 0 Å². The second-order valence-corrected chi connectivity index (χ2v) is 4.51. The lowest BCUT2D eigenvalue weighted by molar-refractivity contribution is 0.301. The normalized spacial score (nSPS) is 10.1. The van der Waals surface area contributed by atoms with Crippen molar-refractivity contribution < 1.29 is 9.47 Å². The van der Waals surface area contributed by atoms with Crippen LogP contribution in [-0.2, 0) is 0 Å². The lowest BCUT2D eigenvalue weighted by Gasteiger charge is -2.20. The van der Waals surface area contributed by atoms with E-state index in [0.717, 1.165) is 29.4 Å². The average molecular weight is 272 g/mol. The van der Waals surface area contributed by atoms with Crippen LogP contribution >= 0.6 is 0 Å². The molecule has 4 nitrogen and oxygen atoms in total. The average Bonchev–Trinajstić information content (AvgIpc) is 2.48. The number of para-hydroxylation sites is 2. The highest BCUT2D eigenvalue weighted by Crippen LogP contribution is 2.25. The lowest BCUT2D eigenvalue weighted by atomic mass is 10.2. The van der Waals surface area contributed by atoms with Crippen LogP contribution in [0.1, 0.15) is 0 Å². The van der Waals surface area contributed by atoms with E-state index in [9.17, 15) is 0 Å². The molecule has 0 aliphatic rings. The maximum Gasteiger partial charge on any atom is 0.161 e. The summed E-state index contributed by atoms with van der Waals surface area (Å²) in [5, 5.41) is 0. The van der Waals surface area contributed by atoms with Crippen molar-refractivity contribution >= 4 is 11.4 Å². The molecular formula is C16H20N2O2. The van der Waals surface area contributed by atoms with Gasteiger partial charge in [0, 0.05) is 18.4 Å². The molecule has 0 spiro atoms. The van der Waals surface area contributed by atoms with Gasteiger partial charge in [-0.15, -0.1) is 0 Å². The molecular weight excluding hydrogens is 252 g/mol. The fourth-order valence-electron chi connectivity index (χ4n) is 1.89. The minimum absolute atomic E-state index is 0.585. The van der Waals surface area contributed by atoms with E-state index in [4.69, 9.17) is 15.2 Å². The third-order valence-electron chi connectivity index (χ3n) is 3.09. The van der Waals surface area contributed by atoms with Gasteiger partial charge in [0.15, 0.2) is 11.5 Å². The van der Waals surface area contributed by atoms with Crippen molar-refractivity contribution in [3.8, 4) is 11.5 Å². The predicted molar refractivity (Wildman–Crippen MR) is 82.6 cm³/mol. The highest BCUT2D eigenvalue weighted by molar-refractivity contribution is 5.52. The number of nitrogens with zero attached hydrogens (tertiary/aromatic N) is 1. The fourth-order valence-corrected chi connectivity index (χ4v) is 1.89. The van der Waals surface area contributed by atoms with Crippen molar-refractivity contribution in [2.24, 2.45) is 0 Å². The Kier molecular flexibility index (Phi) is 4.71. The number of likely N-dealkylation sites (N-methyl/N-ethyl adjacent to an activating group) is 1. The van der Waals surface area contributed by atoms with Gasteiger partial charge in [0.25, 0.3) is 0 Å². The van der Waals surface area contributed by atoms with E-state index in [1.165, 1.54) is 0 Å². The van der Waals surface area contributed by atoms with E-state index in [0.29, 0.717) is 6.61 Å². The number of nitrogen functional groups attached to an aromatic ring is 1. The molecule has 2 N–H and O–H groups in total. The number of hydrogen-bond acceptors (Lipinski definition) is 4. The molecule has 20 heavy (non-hydrogen) atoms. The van der Waals surface area contributed by atoms with Crippen molar-refractivity contribution in [3.63, 3.8) is 0 Å². The highest BCUT2D eigenvalue weighted by atomic mass is 16.5. The number of hydrogen-bond donors (Lipinski definition) is 1. The van der Waals surface area contributed by atoms with E-state index in [-0.39, 0.29) is 0 Å². The first-order chi connectivity index (χ1) is 9.70. The standard InChI is InChI=1S/C16H20N2O2/c1-18(14-9-7-13(17)8-10-14)11-12-20-16-6-4-3-5-15(16)19-2/h3-10H,11-12,17H2,1-2H3. The van der Waals surface area contributed by atoms with Crippen molar-refractivity contribution in [1.82, 2.24) is 0 Å². The summed E-state index contributed by atoms with van der Waals surface area (Å²) in [4.78, 5) is 2.12. The maximum absolute atomic E-state index is 5.75. The summed E-state index contributed by atoms with van der Waals surface area (Å²) in [6.45, 7) is 1.36. The van der Waals surface area contributed by atoms with Crippen molar-refractivity contribution in [3.05, 3.63) is 48.5 Å². The SMILES string of the molecule is COc1ccccc1OCCN(C)c1ccc(N)cc1. The molecule has 0 atom stereocenters. The van der Waals surface area contributed by atoms with Crippen LogP contribution < -0.4 is 20.1 Å². The molecule has 0 fully saturated rings. The number of nitrogens with two attached hydrogens (primary N) is 1. The molecule has 4 heteroatoms. The molecule has 0 aliphatic heterocycles. The lowest BCUT2D eigenvalue weighted by Crippen LogP contribution is -2.23. The summed E-state index contributed by atoms with van der Waals surface area (Å²) < 4.78 is 11.0. The van der Waals surface area contributed by atoms with Gasteiger partial charge >= 0.3 is 0 Å². The monoisotopic (exact) mass is 272 g/mol. The van der Waals surface area contributed by atoms with Crippen LogP contribution in [0.25, 0.3) is 0 Å². The van der Waals surface area contributed by atoms with Gasteiger partial charge in [0.2, 0.25) is 0 Å². The molecule has 0 radical (unpaired) electrons. The van der Waals surface area contributed by atoms with Gasteiger partial charge < -0.3 is 20.1 Å². The first kappa shape index (κ1) is 14.1. The molecule has 0 saturated heterocycles. The summed E-state index contributed by atoms with van der Waals surface area (Å²) in [7, 11) is 3.67. The van der Waals surface area contributed by atoms with Crippen LogP contribution in [0, 0.1) is 0 Å². The van der Waals surface area contributed by atoms with Crippen LogP contribution in [0.4, 0.5) is 11.4 Å². The van der Waals surface area contributed by atoms with Crippen LogP contribution in [0.15, 0.2) is 48.5 Å². The molecule has 0 amide bonds. The Morgan fingerprint density at radius 3 is 2.30 bits per heavy atom. The minimum Gasteiger partial charge on any atom is -0.493 e. The Balaban J connectivity index is 1.87. The van der Waals surface area contributed by atoms with Gasteiger partial charge in [0.05, 0.1) is 13.7 Å². The van der Waals surface area contributed by atoms with Crippen molar-refractivity contribution in [2.45, 2.75) is 0 Å². The van der Waals surface area contributed by atoms with Gasteiger partial charge in [0.1, 0.15) is 6.61 Å². The van der Waals surface area contributed by atoms with Crippen molar-refractivity contribution in [1.29, 1.82) is 0 Å². The smallest absolute Gasteiger partial charge is 0.161 e. The number of rotatable bonds is 6. The van der Waals surface area contributed by atoms with E-state index in [1.54, 1.807) is 7.11 Å². The van der Waals surface area contributed by atoms with Gasteiger partial charge in [-0.05, 0) is 36.4 Å². The Bertz CT molecular complexity index is 540. The summed E-state index contributed by atoms with van der Waals surface area (Å²) >= 11 is 0. The molecule has 0 saturated carbocycles. The second-order valence-electron chi connectivity index (χ2n) is 4.51. The predicted octanol–water partition coefficient (Wildman–Crippen LogP) is 2.79. The third-order valence-corrected chi connectivity index (χ3v) is 3.09. The number of anilines is 2. The zero-order valence-corrected chi connectivity index (χ0v) is 11.9. The fraction of sp³-hybridized carbons (Fsp3) is 0.250. The van der Waals surface area contributed by atoms with E-state index in [1.807, 2.05) is 55.6 Å². The molecule has 2 aromatic rings. The maximum atomic E-state index is 5.75. The van der Waals surface area contributed by atoms with Crippen LogP contribution in [0.2, 0.25) is 0 Å². The van der Waals surface area contributed by atoms with Gasteiger partial charge in [-0.2, -0.15) is 0 Å². The number of ether oxygens (including phenoxy) is 2. The molecule has 2 rings (SSSR count). The number of benzene rings is 2. The molecule has 0 aromatic heterocycles. The Morgan fingerprint density at radius 2 is 1.65 bits per heavy atom. The van der Waals surface area contributed by atoms with E-state index >= 15 is 0 Å². The summed E-state index contributed by atoms with van der Waals surface area (Å²) in [5.41, 5.74) is 7.56. The summed E-state index contributed by atoms with van der Waals surface area (Å²) in [5.74, 6) is 1.52. The van der Waals surface area contributed by atoms with Crippen molar-refractivity contribution in [2.75, 3.05) is 37.9 Å². The molecule has 0 unspecified atom stereocenters. The zero-order chi connectivity index (χ0) is 14.4. The van der Waals surface area contributed by atoms with Gasteiger partial charge in [-0.1, -0.05) is 12.1 Å². The Morgan fingerprint density at radius 1 is 1.00 bits per heavy atom. The number of methoxy groups -OCH3 is 1. The Labute approximate surface area is 119 Å². The Hall–Kier alpha value is -2.36. The largest absolute Gasteiger partial charge is 0.493 e. The summed E-state index contributed by atoms with van der Waals surface area (Å²) in [6, 6.07) is 15.4. The first-order valence-corrected chi connectivity index (χ1v) is 6.53. The van der Waals surface area contributed by atoms with Gasteiger partial charge in [-0.3, -0.25) is 0 Å². The van der Waals surface area contributed by atoms with Gasteiger partial charge in [-0.25, -0.2) is 0 Å².